The maximum atomic E-state index is 11.0. The second-order valence-corrected chi connectivity index (χ2v) is 4.79. The summed E-state index contributed by atoms with van der Waals surface area (Å²) in [5.41, 5.74) is 20.4. The van der Waals surface area contributed by atoms with Crippen LogP contribution < -0.4 is 22.9 Å². The quantitative estimate of drug-likeness (QED) is 0.301. The van der Waals surface area contributed by atoms with E-state index in [-0.39, 0.29) is 38.8 Å². The Morgan fingerprint density at radius 2 is 1.10 bits per heavy atom. The van der Waals surface area contributed by atoms with Crippen LogP contribution in [-0.4, -0.2) is 72.2 Å². The third kappa shape index (κ3) is 9.35. The number of nitrogens with zero attached hydrogens (tertiary/aromatic N) is 2. The topological polar surface area (TPSA) is 179 Å². The monoisotopic (exact) mass is 302 g/mol. The van der Waals surface area contributed by atoms with Crippen LogP contribution in [0.2, 0.25) is 0 Å². The Morgan fingerprint density at radius 3 is 1.38 bits per heavy atom. The molecule has 0 aromatic heterocycles. The molecule has 0 fully saturated rings. The lowest BCUT2D eigenvalue weighted by atomic mass is 10.2. The first kappa shape index (κ1) is 18.8. The van der Waals surface area contributed by atoms with Gasteiger partial charge in [0.25, 0.3) is 0 Å². The number of hydrogen-bond acceptors (Lipinski definition) is 6. The number of carbonyl (C=O) groups excluding carboxylic acids is 4. The highest BCUT2D eigenvalue weighted by atomic mass is 16.2. The summed E-state index contributed by atoms with van der Waals surface area (Å²) in [5.74, 6) is -2.50. The number of amides is 4. The average Bonchev–Trinajstić information content (AvgIpc) is 2.24. The van der Waals surface area contributed by atoms with E-state index < -0.39 is 23.6 Å². The van der Waals surface area contributed by atoms with Gasteiger partial charge in [0.1, 0.15) is 0 Å². The molecule has 0 saturated carbocycles. The third-order valence-electron chi connectivity index (χ3n) is 2.62. The van der Waals surface area contributed by atoms with Gasteiger partial charge >= 0.3 is 0 Å². The highest BCUT2D eigenvalue weighted by molar-refractivity contribution is 5.80. The maximum absolute atomic E-state index is 11.0. The van der Waals surface area contributed by atoms with Crippen molar-refractivity contribution >= 4 is 23.6 Å². The number of carbonyl (C=O) groups is 4. The second-order valence-electron chi connectivity index (χ2n) is 4.79. The van der Waals surface area contributed by atoms with E-state index in [1.807, 2.05) is 0 Å². The summed E-state index contributed by atoms with van der Waals surface area (Å²) in [7, 11) is 0. The largest absolute Gasteiger partial charge is 0.369 e. The number of primary amides is 4. The highest BCUT2D eigenvalue weighted by Crippen LogP contribution is 2.02. The molecule has 120 valence electrons. The van der Waals surface area contributed by atoms with E-state index in [2.05, 4.69) is 0 Å². The van der Waals surface area contributed by atoms with E-state index >= 15 is 0 Å². The summed E-state index contributed by atoms with van der Waals surface area (Å²) in [6, 6.07) is -0.372. The smallest absolute Gasteiger partial charge is 0.231 e. The first-order valence-electron chi connectivity index (χ1n) is 6.21. The van der Waals surface area contributed by atoms with Gasteiger partial charge in [-0.25, -0.2) is 0 Å². The lowest BCUT2D eigenvalue weighted by Crippen LogP contribution is -2.51. The molecule has 0 bridgehead atoms. The van der Waals surface area contributed by atoms with Crippen LogP contribution in [0.3, 0.4) is 0 Å². The Labute approximate surface area is 122 Å². The molecule has 0 aromatic carbocycles. The normalized spacial score (nSPS) is 12.3. The molecule has 10 nitrogen and oxygen atoms in total. The van der Waals surface area contributed by atoms with Crippen LogP contribution in [0.1, 0.15) is 6.92 Å². The fourth-order valence-corrected chi connectivity index (χ4v) is 1.88. The van der Waals surface area contributed by atoms with E-state index in [1.54, 1.807) is 6.92 Å². The van der Waals surface area contributed by atoms with Crippen molar-refractivity contribution in [2.24, 2.45) is 22.9 Å². The molecule has 21 heavy (non-hydrogen) atoms. The minimum Gasteiger partial charge on any atom is -0.369 e. The molecule has 1 atom stereocenters. The number of hydrogen-bond donors (Lipinski definition) is 4. The van der Waals surface area contributed by atoms with Crippen molar-refractivity contribution in [1.82, 2.24) is 9.80 Å². The predicted octanol–water partition coefficient (Wildman–Crippen LogP) is -4.08. The second kappa shape index (κ2) is 8.87. The molecule has 0 aliphatic heterocycles. The van der Waals surface area contributed by atoms with Crippen molar-refractivity contribution in [3.8, 4) is 0 Å². The van der Waals surface area contributed by atoms with Crippen LogP contribution in [0.25, 0.3) is 0 Å². The summed E-state index contributed by atoms with van der Waals surface area (Å²) < 4.78 is 0. The fourth-order valence-electron chi connectivity index (χ4n) is 1.88. The Balaban J connectivity index is 4.81. The molecule has 0 aliphatic carbocycles. The zero-order valence-corrected chi connectivity index (χ0v) is 11.9. The van der Waals surface area contributed by atoms with Gasteiger partial charge in [0.15, 0.2) is 0 Å². The van der Waals surface area contributed by atoms with Gasteiger partial charge in [0.05, 0.1) is 26.2 Å². The lowest BCUT2D eigenvalue weighted by molar-refractivity contribution is -0.125. The fraction of sp³-hybridized carbons (Fsp3) is 0.636. The van der Waals surface area contributed by atoms with Gasteiger partial charge in [0, 0.05) is 12.6 Å². The Hall–Kier alpha value is -2.20. The van der Waals surface area contributed by atoms with E-state index in [0.29, 0.717) is 0 Å². The van der Waals surface area contributed by atoms with Crippen molar-refractivity contribution in [3.63, 3.8) is 0 Å². The van der Waals surface area contributed by atoms with E-state index in [9.17, 15) is 19.2 Å². The van der Waals surface area contributed by atoms with Crippen molar-refractivity contribution in [1.29, 1.82) is 0 Å². The molecular formula is C11H22N6O4. The summed E-state index contributed by atoms with van der Waals surface area (Å²) in [6.07, 6.45) is 0. The van der Waals surface area contributed by atoms with Crippen LogP contribution in [0.5, 0.6) is 0 Å². The molecule has 0 rings (SSSR count). The van der Waals surface area contributed by atoms with Gasteiger partial charge in [-0.05, 0) is 6.92 Å². The van der Waals surface area contributed by atoms with Crippen molar-refractivity contribution in [3.05, 3.63) is 0 Å². The molecule has 0 spiro atoms. The standard InChI is InChI=1S/C11H22N6O4/c1-7(17(5-10(14)20)6-11(15)21)2-16(3-8(12)18)4-9(13)19/h7H,2-6H2,1H3,(H2,12,18)(H2,13,19)(H2,14,20)(H2,15,21)/t7-/m0/s1. The van der Waals surface area contributed by atoms with Gasteiger partial charge in [0.2, 0.25) is 23.6 Å². The molecule has 0 heterocycles. The van der Waals surface area contributed by atoms with Crippen LogP contribution >= 0.6 is 0 Å². The van der Waals surface area contributed by atoms with E-state index in [1.165, 1.54) is 9.80 Å². The summed E-state index contributed by atoms with van der Waals surface area (Å²) in [4.78, 5) is 46.8. The SMILES string of the molecule is C[C@@H](CN(CC(N)=O)CC(N)=O)N(CC(N)=O)CC(N)=O. The third-order valence-corrected chi connectivity index (χ3v) is 2.62. The van der Waals surface area contributed by atoms with Crippen molar-refractivity contribution in [2.45, 2.75) is 13.0 Å². The molecule has 0 aromatic rings. The summed E-state index contributed by atoms with van der Waals surface area (Å²) >= 11 is 0. The van der Waals surface area contributed by atoms with Crippen LogP contribution in [0, 0.1) is 0 Å². The average molecular weight is 302 g/mol. The Bertz CT molecular complexity index is 382. The number of rotatable bonds is 11. The van der Waals surface area contributed by atoms with Gasteiger partial charge < -0.3 is 22.9 Å². The molecule has 0 aliphatic rings. The van der Waals surface area contributed by atoms with E-state index in [0.717, 1.165) is 0 Å². The number of nitrogens with two attached hydrogens (primary N) is 4. The van der Waals surface area contributed by atoms with E-state index in [4.69, 9.17) is 22.9 Å². The minimum absolute atomic E-state index is 0.172. The van der Waals surface area contributed by atoms with Crippen LogP contribution in [0.4, 0.5) is 0 Å². The van der Waals surface area contributed by atoms with Crippen molar-refractivity contribution in [2.75, 3.05) is 32.7 Å². The molecule has 4 amide bonds. The van der Waals surface area contributed by atoms with Gasteiger partial charge in [-0.3, -0.25) is 29.0 Å². The highest BCUT2D eigenvalue weighted by Gasteiger charge is 2.22. The molecule has 0 saturated heterocycles. The zero-order chi connectivity index (χ0) is 16.6. The molecule has 8 N–H and O–H groups in total. The molecule has 0 unspecified atom stereocenters. The first-order chi connectivity index (χ1) is 9.61. The Kier molecular flexibility index (Phi) is 7.94. The van der Waals surface area contributed by atoms with Gasteiger partial charge in [-0.2, -0.15) is 0 Å². The van der Waals surface area contributed by atoms with Gasteiger partial charge in [-0.15, -0.1) is 0 Å². The van der Waals surface area contributed by atoms with Crippen LogP contribution in [0.15, 0.2) is 0 Å². The first-order valence-corrected chi connectivity index (χ1v) is 6.21. The van der Waals surface area contributed by atoms with Crippen molar-refractivity contribution < 1.29 is 19.2 Å². The minimum atomic E-state index is -0.626. The summed E-state index contributed by atoms with van der Waals surface area (Å²) in [5, 5.41) is 0. The maximum Gasteiger partial charge on any atom is 0.231 e. The Morgan fingerprint density at radius 1 is 0.762 bits per heavy atom. The van der Waals surface area contributed by atoms with Gasteiger partial charge in [-0.1, -0.05) is 0 Å². The summed E-state index contributed by atoms with van der Waals surface area (Å²) in [6.45, 7) is 1.19. The van der Waals surface area contributed by atoms with Crippen LogP contribution in [-0.2, 0) is 19.2 Å². The lowest BCUT2D eigenvalue weighted by Gasteiger charge is -2.31. The molecular weight excluding hydrogens is 280 g/mol. The predicted molar refractivity (Wildman–Crippen MR) is 74.3 cm³/mol. The zero-order valence-electron chi connectivity index (χ0n) is 11.9. The molecule has 0 radical (unpaired) electrons. The molecule has 10 heteroatoms.